The molecule has 1 aliphatic carbocycles. The third-order valence-corrected chi connectivity index (χ3v) is 4.52. The number of methoxy groups -OCH3 is 2. The molecule has 0 saturated heterocycles. The van der Waals surface area contributed by atoms with Crippen molar-refractivity contribution in [2.24, 2.45) is 0 Å². The summed E-state index contributed by atoms with van der Waals surface area (Å²) < 4.78 is 16.1. The van der Waals surface area contributed by atoms with Crippen molar-refractivity contribution in [1.29, 1.82) is 0 Å². The molecule has 0 aromatic heterocycles. The van der Waals surface area contributed by atoms with Gasteiger partial charge in [0.1, 0.15) is 12.0 Å². The fraction of sp³-hybridized carbons (Fsp3) is 0.471. The Kier molecular flexibility index (Phi) is 6.31. The lowest BCUT2D eigenvalue weighted by atomic mass is 9.84. The first-order valence-electron chi connectivity index (χ1n) is 7.44. The second kappa shape index (κ2) is 8.22. The van der Waals surface area contributed by atoms with Crippen LogP contribution in [0.4, 0.5) is 0 Å². The molecule has 0 amide bonds. The van der Waals surface area contributed by atoms with Gasteiger partial charge in [-0.2, -0.15) is 0 Å². The largest absolute Gasteiger partial charge is 0.500 e. The summed E-state index contributed by atoms with van der Waals surface area (Å²) >= 11 is 3.46. The predicted molar refractivity (Wildman–Crippen MR) is 87.7 cm³/mol. The van der Waals surface area contributed by atoms with Gasteiger partial charge in [0, 0.05) is 0 Å². The summed E-state index contributed by atoms with van der Waals surface area (Å²) in [4.78, 5) is 11.7. The molecule has 1 aliphatic rings. The summed E-state index contributed by atoms with van der Waals surface area (Å²) in [6.45, 7) is 0. The lowest BCUT2D eigenvalue weighted by Gasteiger charge is -2.22. The van der Waals surface area contributed by atoms with Crippen LogP contribution in [0.1, 0.15) is 43.6 Å². The van der Waals surface area contributed by atoms with Gasteiger partial charge in [0.15, 0.2) is 0 Å². The van der Waals surface area contributed by atoms with Crippen LogP contribution in [-0.4, -0.2) is 20.2 Å². The van der Waals surface area contributed by atoms with Gasteiger partial charge < -0.3 is 14.2 Å². The van der Waals surface area contributed by atoms with E-state index in [4.69, 9.17) is 14.2 Å². The summed E-state index contributed by atoms with van der Waals surface area (Å²) in [5.41, 5.74) is 1.25. The van der Waals surface area contributed by atoms with E-state index in [1.165, 1.54) is 58.1 Å². The van der Waals surface area contributed by atoms with Gasteiger partial charge >= 0.3 is 5.97 Å². The minimum absolute atomic E-state index is 0.0199. The molecule has 0 N–H and O–H groups in total. The van der Waals surface area contributed by atoms with Crippen LogP contribution in [0, 0.1) is 0 Å². The van der Waals surface area contributed by atoms with Crippen molar-refractivity contribution >= 4 is 21.9 Å². The predicted octanol–water partition coefficient (Wildman–Crippen LogP) is 4.54. The van der Waals surface area contributed by atoms with Gasteiger partial charge in [-0.25, -0.2) is 4.79 Å². The highest BCUT2D eigenvalue weighted by molar-refractivity contribution is 9.10. The van der Waals surface area contributed by atoms with Crippen LogP contribution in [-0.2, 0) is 14.3 Å². The molecular formula is C17H21BrO4. The molecule has 4 nitrogen and oxygen atoms in total. The van der Waals surface area contributed by atoms with Crippen molar-refractivity contribution in [2.75, 3.05) is 14.2 Å². The molecule has 2 rings (SSSR count). The van der Waals surface area contributed by atoms with Gasteiger partial charge in [0.05, 0.1) is 18.7 Å². The Morgan fingerprint density at radius 3 is 2.59 bits per heavy atom. The average molecular weight is 369 g/mol. The molecule has 1 saturated carbocycles. The Bertz CT molecular complexity index is 548. The average Bonchev–Trinajstić information content (AvgIpc) is 2.56. The molecule has 0 bridgehead atoms. The van der Waals surface area contributed by atoms with Crippen LogP contribution >= 0.6 is 15.9 Å². The van der Waals surface area contributed by atoms with Crippen molar-refractivity contribution in [3.05, 3.63) is 40.3 Å². The van der Waals surface area contributed by atoms with Crippen molar-refractivity contribution in [3.63, 3.8) is 0 Å². The molecule has 0 unspecified atom stereocenters. The van der Waals surface area contributed by atoms with Crippen LogP contribution in [0.25, 0.3) is 0 Å². The molecule has 0 atom stereocenters. The summed E-state index contributed by atoms with van der Waals surface area (Å²) in [7, 11) is 2.77. The normalized spacial score (nSPS) is 16.2. The maximum absolute atomic E-state index is 11.7. The first kappa shape index (κ1) is 16.9. The highest BCUT2D eigenvalue weighted by Crippen LogP contribution is 2.36. The van der Waals surface area contributed by atoms with Gasteiger partial charge in [-0.05, 0) is 52.4 Å². The highest BCUT2D eigenvalue weighted by atomic mass is 79.9. The second-order valence-electron chi connectivity index (χ2n) is 5.34. The maximum atomic E-state index is 11.7. The van der Waals surface area contributed by atoms with Crippen LogP contribution in [0.3, 0.4) is 0 Å². The molecule has 1 aromatic rings. The van der Waals surface area contributed by atoms with Crippen LogP contribution < -0.4 is 4.74 Å². The zero-order valence-electron chi connectivity index (χ0n) is 12.9. The third-order valence-electron chi connectivity index (χ3n) is 3.86. The van der Waals surface area contributed by atoms with E-state index in [-0.39, 0.29) is 5.76 Å². The van der Waals surface area contributed by atoms with Gasteiger partial charge in [-0.3, -0.25) is 0 Å². The van der Waals surface area contributed by atoms with Crippen molar-refractivity contribution in [1.82, 2.24) is 0 Å². The first-order valence-corrected chi connectivity index (χ1v) is 8.23. The number of carbonyl (C=O) groups is 1. The van der Waals surface area contributed by atoms with Gasteiger partial charge in [-0.15, -0.1) is 0 Å². The topological polar surface area (TPSA) is 44.8 Å². The quantitative estimate of drug-likeness (QED) is 0.434. The SMILES string of the molecule is CO/C=C(\Oc1cc(C2CCCCC2)ccc1Br)C(=O)OC. The minimum atomic E-state index is -0.572. The van der Waals surface area contributed by atoms with Gasteiger partial charge in [0.2, 0.25) is 5.76 Å². The fourth-order valence-electron chi connectivity index (χ4n) is 2.73. The summed E-state index contributed by atoms with van der Waals surface area (Å²) in [5, 5.41) is 0. The monoisotopic (exact) mass is 368 g/mol. The molecule has 1 fully saturated rings. The number of rotatable bonds is 5. The van der Waals surface area contributed by atoms with E-state index in [2.05, 4.69) is 22.0 Å². The number of benzene rings is 1. The molecular weight excluding hydrogens is 348 g/mol. The molecule has 0 heterocycles. The Hall–Kier alpha value is -1.49. The van der Waals surface area contributed by atoms with E-state index in [1.807, 2.05) is 12.1 Å². The van der Waals surface area contributed by atoms with Crippen molar-refractivity contribution < 1.29 is 19.0 Å². The van der Waals surface area contributed by atoms with Crippen LogP contribution in [0.2, 0.25) is 0 Å². The second-order valence-corrected chi connectivity index (χ2v) is 6.19. The van der Waals surface area contributed by atoms with E-state index >= 15 is 0 Å². The number of hydrogen-bond donors (Lipinski definition) is 0. The van der Waals surface area contributed by atoms with E-state index in [0.29, 0.717) is 11.7 Å². The van der Waals surface area contributed by atoms with E-state index < -0.39 is 5.97 Å². The van der Waals surface area contributed by atoms with E-state index in [0.717, 1.165) is 4.47 Å². The van der Waals surface area contributed by atoms with Crippen molar-refractivity contribution in [3.8, 4) is 5.75 Å². The number of esters is 1. The lowest BCUT2D eigenvalue weighted by Crippen LogP contribution is -2.12. The molecule has 22 heavy (non-hydrogen) atoms. The zero-order valence-corrected chi connectivity index (χ0v) is 14.5. The number of ether oxygens (including phenoxy) is 3. The lowest BCUT2D eigenvalue weighted by molar-refractivity contribution is -0.138. The standard InChI is InChI=1S/C17H21BrO4/c1-20-11-16(17(19)21-2)22-15-10-13(8-9-14(15)18)12-6-4-3-5-7-12/h8-12H,3-7H2,1-2H3/b16-11-. The molecule has 0 spiro atoms. The Morgan fingerprint density at radius 2 is 1.95 bits per heavy atom. The summed E-state index contributed by atoms with van der Waals surface area (Å²) in [5.74, 6) is 0.609. The maximum Gasteiger partial charge on any atom is 0.377 e. The zero-order chi connectivity index (χ0) is 15.9. The van der Waals surface area contributed by atoms with Crippen LogP contribution in [0.5, 0.6) is 5.75 Å². The molecule has 1 aromatic carbocycles. The summed E-state index contributed by atoms with van der Waals surface area (Å²) in [6, 6.07) is 6.07. The number of halogens is 1. The first-order chi connectivity index (χ1) is 10.7. The molecule has 0 aliphatic heterocycles. The molecule has 0 radical (unpaired) electrons. The third kappa shape index (κ3) is 4.26. The Balaban J connectivity index is 2.22. The van der Waals surface area contributed by atoms with Crippen LogP contribution in [0.15, 0.2) is 34.7 Å². The Labute approximate surface area is 139 Å². The molecule has 120 valence electrons. The fourth-order valence-corrected chi connectivity index (χ4v) is 3.06. The van der Waals surface area contributed by atoms with Crippen molar-refractivity contribution in [2.45, 2.75) is 38.0 Å². The molecule has 5 heteroatoms. The van der Waals surface area contributed by atoms with Gasteiger partial charge in [0.25, 0.3) is 0 Å². The number of hydrogen-bond acceptors (Lipinski definition) is 4. The summed E-state index contributed by atoms with van der Waals surface area (Å²) in [6.07, 6.45) is 7.52. The van der Waals surface area contributed by atoms with E-state index in [9.17, 15) is 4.79 Å². The Morgan fingerprint density at radius 1 is 1.23 bits per heavy atom. The highest BCUT2D eigenvalue weighted by Gasteiger charge is 2.19. The minimum Gasteiger partial charge on any atom is -0.500 e. The van der Waals surface area contributed by atoms with Gasteiger partial charge in [-0.1, -0.05) is 25.3 Å². The van der Waals surface area contributed by atoms with E-state index in [1.54, 1.807) is 0 Å². The smallest absolute Gasteiger partial charge is 0.377 e. The number of carbonyl (C=O) groups excluding carboxylic acids is 1.